The summed E-state index contributed by atoms with van der Waals surface area (Å²) >= 11 is 5.63. The normalized spacial score (nSPS) is 12.4. The van der Waals surface area contributed by atoms with Crippen LogP contribution in [0.3, 0.4) is 0 Å². The Kier molecular flexibility index (Phi) is 4.96. The highest BCUT2D eigenvalue weighted by Crippen LogP contribution is 2.23. The molecule has 100 valence electrons. The van der Waals surface area contributed by atoms with Crippen LogP contribution < -0.4 is 10.2 Å². The molecule has 0 aromatic heterocycles. The van der Waals surface area contributed by atoms with Gasteiger partial charge in [-0.1, -0.05) is 0 Å². The number of hydrogen-bond donors (Lipinski definition) is 1. The molecule has 1 aromatic rings. The predicted octanol–water partition coefficient (Wildman–Crippen LogP) is 3.24. The zero-order chi connectivity index (χ0) is 13.9. The Morgan fingerprint density at radius 3 is 2.44 bits per heavy atom. The Labute approximate surface area is 112 Å². The van der Waals surface area contributed by atoms with E-state index in [2.05, 4.69) is 5.32 Å². The van der Waals surface area contributed by atoms with Crippen LogP contribution in [0.5, 0.6) is 0 Å². The lowest BCUT2D eigenvalue weighted by atomic mass is 10.2. The van der Waals surface area contributed by atoms with Gasteiger partial charge in [-0.05, 0) is 39.0 Å². The first-order valence-corrected chi connectivity index (χ1v) is 6.24. The fourth-order valence-electron chi connectivity index (χ4n) is 1.39. The molecule has 1 amide bonds. The quantitative estimate of drug-likeness (QED) is 0.854. The van der Waals surface area contributed by atoms with Crippen molar-refractivity contribution in [2.24, 2.45) is 0 Å². The number of amides is 1. The molecule has 0 saturated carbocycles. The number of hydrogen-bond acceptors (Lipinski definition) is 2. The number of carbonyl (C=O) groups is 1. The van der Waals surface area contributed by atoms with Crippen LogP contribution in [0, 0.1) is 5.82 Å². The summed E-state index contributed by atoms with van der Waals surface area (Å²) in [6.45, 7) is 5.52. The molecule has 1 unspecified atom stereocenters. The summed E-state index contributed by atoms with van der Waals surface area (Å²) in [5.74, 6) is -0.716. The molecule has 0 heterocycles. The third-order valence-corrected chi connectivity index (χ3v) is 2.93. The molecule has 0 aliphatic heterocycles. The Morgan fingerprint density at radius 2 is 2.00 bits per heavy atom. The van der Waals surface area contributed by atoms with E-state index in [4.69, 9.17) is 11.6 Å². The standard InChI is InChI=1S/C13H18ClFN2O/c1-8(2)17(4)12-6-5-10(7-11(12)15)16-13(18)9(3)14/h5-9H,1-4H3,(H,16,18). The number of benzene rings is 1. The van der Waals surface area contributed by atoms with Crippen molar-refractivity contribution in [3.8, 4) is 0 Å². The molecule has 0 bridgehead atoms. The van der Waals surface area contributed by atoms with Gasteiger partial charge >= 0.3 is 0 Å². The van der Waals surface area contributed by atoms with E-state index in [0.29, 0.717) is 11.4 Å². The molecule has 0 spiro atoms. The largest absolute Gasteiger partial charge is 0.370 e. The number of carbonyl (C=O) groups excluding carboxylic acids is 1. The second-order valence-corrected chi connectivity index (χ2v) is 5.13. The van der Waals surface area contributed by atoms with E-state index in [1.807, 2.05) is 25.8 Å². The molecule has 1 aromatic carbocycles. The summed E-state index contributed by atoms with van der Waals surface area (Å²) in [6, 6.07) is 4.80. The lowest BCUT2D eigenvalue weighted by Crippen LogP contribution is -2.26. The first-order chi connectivity index (χ1) is 8.32. The molecule has 0 fully saturated rings. The third-order valence-electron chi connectivity index (χ3n) is 2.73. The highest BCUT2D eigenvalue weighted by atomic mass is 35.5. The van der Waals surface area contributed by atoms with E-state index in [1.165, 1.54) is 6.07 Å². The lowest BCUT2D eigenvalue weighted by molar-refractivity contribution is -0.115. The van der Waals surface area contributed by atoms with Gasteiger partial charge in [-0.3, -0.25) is 4.79 Å². The van der Waals surface area contributed by atoms with Crippen LogP contribution in [0.25, 0.3) is 0 Å². The van der Waals surface area contributed by atoms with Crippen LogP contribution >= 0.6 is 11.6 Å². The van der Waals surface area contributed by atoms with E-state index in [-0.39, 0.29) is 17.8 Å². The topological polar surface area (TPSA) is 32.3 Å². The second kappa shape index (κ2) is 6.05. The minimum atomic E-state index is -0.647. The van der Waals surface area contributed by atoms with Crippen LogP contribution in [-0.4, -0.2) is 24.4 Å². The molecule has 5 heteroatoms. The second-order valence-electron chi connectivity index (χ2n) is 4.48. The van der Waals surface area contributed by atoms with E-state index in [1.54, 1.807) is 19.1 Å². The van der Waals surface area contributed by atoms with Gasteiger partial charge in [-0.15, -0.1) is 11.6 Å². The van der Waals surface area contributed by atoms with Crippen molar-refractivity contribution in [3.63, 3.8) is 0 Å². The molecule has 0 radical (unpaired) electrons. The van der Waals surface area contributed by atoms with Gasteiger partial charge in [0.2, 0.25) is 5.91 Å². The fraction of sp³-hybridized carbons (Fsp3) is 0.462. The summed E-state index contributed by atoms with van der Waals surface area (Å²) < 4.78 is 13.9. The molecule has 3 nitrogen and oxygen atoms in total. The van der Waals surface area contributed by atoms with Gasteiger partial charge in [0.05, 0.1) is 5.69 Å². The maximum atomic E-state index is 13.9. The SMILES string of the molecule is CC(Cl)C(=O)Nc1ccc(N(C)C(C)C)c(F)c1. The van der Waals surface area contributed by atoms with Gasteiger partial charge in [-0.25, -0.2) is 4.39 Å². The van der Waals surface area contributed by atoms with Crippen LogP contribution in [-0.2, 0) is 4.79 Å². The van der Waals surface area contributed by atoms with Crippen molar-refractivity contribution in [2.45, 2.75) is 32.2 Å². The van der Waals surface area contributed by atoms with Crippen LogP contribution in [0.2, 0.25) is 0 Å². The number of nitrogens with one attached hydrogen (secondary N) is 1. The van der Waals surface area contributed by atoms with Crippen molar-refractivity contribution in [2.75, 3.05) is 17.3 Å². The van der Waals surface area contributed by atoms with Gasteiger partial charge in [0.1, 0.15) is 11.2 Å². The van der Waals surface area contributed by atoms with E-state index < -0.39 is 5.38 Å². The molecular formula is C13H18ClFN2O. The lowest BCUT2D eigenvalue weighted by Gasteiger charge is -2.24. The molecule has 0 aliphatic rings. The summed E-state index contributed by atoms with van der Waals surface area (Å²) in [5, 5.41) is 1.90. The molecule has 0 saturated heterocycles. The van der Waals surface area contributed by atoms with E-state index in [9.17, 15) is 9.18 Å². The van der Waals surface area contributed by atoms with E-state index in [0.717, 1.165) is 0 Å². The van der Waals surface area contributed by atoms with Gasteiger partial charge < -0.3 is 10.2 Å². The smallest absolute Gasteiger partial charge is 0.242 e. The first-order valence-electron chi connectivity index (χ1n) is 5.80. The van der Waals surface area contributed by atoms with Gasteiger partial charge in [0.25, 0.3) is 0 Å². The van der Waals surface area contributed by atoms with Crippen LogP contribution in [0.15, 0.2) is 18.2 Å². The maximum absolute atomic E-state index is 13.9. The van der Waals surface area contributed by atoms with Crippen molar-refractivity contribution >= 4 is 28.9 Å². The van der Waals surface area contributed by atoms with Gasteiger partial charge in [-0.2, -0.15) is 0 Å². The van der Waals surface area contributed by atoms with Crippen molar-refractivity contribution in [1.29, 1.82) is 0 Å². The van der Waals surface area contributed by atoms with Crippen molar-refractivity contribution < 1.29 is 9.18 Å². The monoisotopic (exact) mass is 272 g/mol. The molecule has 0 aliphatic carbocycles. The zero-order valence-corrected chi connectivity index (χ0v) is 11.8. The van der Waals surface area contributed by atoms with Crippen molar-refractivity contribution in [1.82, 2.24) is 0 Å². The Bertz CT molecular complexity index is 435. The average molecular weight is 273 g/mol. The third kappa shape index (κ3) is 3.60. The first kappa shape index (κ1) is 14.8. The number of alkyl halides is 1. The van der Waals surface area contributed by atoms with E-state index >= 15 is 0 Å². The van der Waals surface area contributed by atoms with Crippen molar-refractivity contribution in [3.05, 3.63) is 24.0 Å². The minimum absolute atomic E-state index is 0.197. The van der Waals surface area contributed by atoms with Crippen LogP contribution in [0.1, 0.15) is 20.8 Å². The summed E-state index contributed by atoms with van der Waals surface area (Å²) in [4.78, 5) is 13.2. The number of anilines is 2. The molecule has 18 heavy (non-hydrogen) atoms. The summed E-state index contributed by atoms with van der Waals surface area (Å²) in [7, 11) is 1.82. The molecule has 1 rings (SSSR count). The molecule has 1 atom stereocenters. The fourth-order valence-corrected chi connectivity index (χ4v) is 1.45. The highest BCUT2D eigenvalue weighted by Gasteiger charge is 2.13. The van der Waals surface area contributed by atoms with Gasteiger partial charge in [0.15, 0.2) is 0 Å². The molecule has 1 N–H and O–H groups in total. The Balaban J connectivity index is 2.89. The molecular weight excluding hydrogens is 255 g/mol. The Hall–Kier alpha value is -1.29. The number of rotatable bonds is 4. The number of halogens is 2. The van der Waals surface area contributed by atoms with Gasteiger partial charge in [0, 0.05) is 18.8 Å². The highest BCUT2D eigenvalue weighted by molar-refractivity contribution is 6.32. The van der Waals surface area contributed by atoms with Crippen LogP contribution in [0.4, 0.5) is 15.8 Å². The zero-order valence-electron chi connectivity index (χ0n) is 11.0. The summed E-state index contributed by atoms with van der Waals surface area (Å²) in [5.41, 5.74) is 0.910. The maximum Gasteiger partial charge on any atom is 0.242 e. The average Bonchev–Trinajstić information content (AvgIpc) is 2.28. The predicted molar refractivity (Wildman–Crippen MR) is 73.9 cm³/mol. The minimum Gasteiger partial charge on any atom is -0.370 e. The summed E-state index contributed by atoms with van der Waals surface area (Å²) in [6.07, 6.45) is 0. The Morgan fingerprint density at radius 1 is 1.39 bits per heavy atom. The number of nitrogens with zero attached hydrogens (tertiary/aromatic N) is 1.